The highest BCUT2D eigenvalue weighted by Gasteiger charge is 2.12. The van der Waals surface area contributed by atoms with Gasteiger partial charge >= 0.3 is 0 Å². The van der Waals surface area contributed by atoms with E-state index < -0.39 is 6.10 Å². The number of halogens is 1. The van der Waals surface area contributed by atoms with Gasteiger partial charge < -0.3 is 10.2 Å². The first-order valence-corrected chi connectivity index (χ1v) is 7.11. The zero-order valence-corrected chi connectivity index (χ0v) is 11.9. The van der Waals surface area contributed by atoms with E-state index >= 15 is 0 Å². The maximum atomic E-state index is 9.22. The maximum absolute atomic E-state index is 9.22. The molecule has 0 spiro atoms. The van der Waals surface area contributed by atoms with Gasteiger partial charge in [-0.1, -0.05) is 6.92 Å². The van der Waals surface area contributed by atoms with Gasteiger partial charge in [-0.25, -0.2) is 0 Å². The number of aromatic nitrogens is 2. The number of hydrogen-bond acceptors (Lipinski definition) is 4. The van der Waals surface area contributed by atoms with Crippen molar-refractivity contribution >= 4 is 27.7 Å². The molecule has 4 nitrogen and oxygen atoms in total. The van der Waals surface area contributed by atoms with Gasteiger partial charge in [-0.15, -0.1) is 0 Å². The van der Waals surface area contributed by atoms with Crippen molar-refractivity contribution in [3.05, 3.63) is 15.9 Å². The zero-order valence-electron chi connectivity index (χ0n) is 9.48. The molecule has 1 aromatic heterocycles. The van der Waals surface area contributed by atoms with E-state index in [0.717, 1.165) is 28.0 Å². The smallest absolute Gasteiger partial charge is 0.0861 e. The predicted octanol–water partition coefficient (Wildman–Crippen LogP) is 1.33. The van der Waals surface area contributed by atoms with Gasteiger partial charge in [0.05, 0.1) is 28.6 Å². The number of aliphatic hydroxyl groups is 2. The molecule has 0 fully saturated rings. The van der Waals surface area contributed by atoms with E-state index in [0.29, 0.717) is 5.75 Å². The zero-order chi connectivity index (χ0) is 12.1. The number of nitrogens with zero attached hydrogens (tertiary/aromatic N) is 2. The first kappa shape index (κ1) is 14.0. The average molecular weight is 309 g/mol. The SMILES string of the molecule is CCc1nn(C)c(CSCC(O)CO)c1Br. The van der Waals surface area contributed by atoms with E-state index in [1.165, 1.54) is 0 Å². The highest BCUT2D eigenvalue weighted by Crippen LogP contribution is 2.25. The maximum Gasteiger partial charge on any atom is 0.0861 e. The van der Waals surface area contributed by atoms with Gasteiger partial charge in [-0.2, -0.15) is 16.9 Å². The van der Waals surface area contributed by atoms with Crippen molar-refractivity contribution < 1.29 is 10.2 Å². The fourth-order valence-corrected chi connectivity index (χ4v) is 3.28. The fourth-order valence-electron chi connectivity index (χ4n) is 1.32. The number of thioether (sulfide) groups is 1. The van der Waals surface area contributed by atoms with Gasteiger partial charge in [-0.05, 0) is 22.4 Å². The van der Waals surface area contributed by atoms with Crippen LogP contribution in [-0.2, 0) is 19.2 Å². The lowest BCUT2D eigenvalue weighted by Gasteiger charge is -2.07. The van der Waals surface area contributed by atoms with Crippen LogP contribution >= 0.6 is 27.7 Å². The van der Waals surface area contributed by atoms with Gasteiger partial charge in [0, 0.05) is 18.6 Å². The molecule has 0 saturated carbocycles. The quantitative estimate of drug-likeness (QED) is 0.832. The first-order valence-electron chi connectivity index (χ1n) is 5.17. The normalized spacial score (nSPS) is 13.1. The summed E-state index contributed by atoms with van der Waals surface area (Å²) in [4.78, 5) is 0. The third kappa shape index (κ3) is 3.48. The van der Waals surface area contributed by atoms with Crippen molar-refractivity contribution in [1.29, 1.82) is 0 Å². The largest absolute Gasteiger partial charge is 0.394 e. The van der Waals surface area contributed by atoms with Crippen molar-refractivity contribution in [1.82, 2.24) is 9.78 Å². The Labute approximate surface area is 108 Å². The topological polar surface area (TPSA) is 58.3 Å². The first-order chi connectivity index (χ1) is 7.60. The molecule has 2 N–H and O–H groups in total. The summed E-state index contributed by atoms with van der Waals surface area (Å²) in [6, 6.07) is 0. The van der Waals surface area contributed by atoms with Crippen molar-refractivity contribution in [2.75, 3.05) is 12.4 Å². The Kier molecular flexibility index (Phi) is 5.82. The minimum atomic E-state index is -0.636. The molecule has 1 heterocycles. The summed E-state index contributed by atoms with van der Waals surface area (Å²) in [7, 11) is 1.92. The van der Waals surface area contributed by atoms with Crippen LogP contribution in [0.3, 0.4) is 0 Å². The Balaban J connectivity index is 2.56. The van der Waals surface area contributed by atoms with E-state index in [4.69, 9.17) is 5.11 Å². The van der Waals surface area contributed by atoms with Crippen molar-refractivity contribution in [3.8, 4) is 0 Å². The van der Waals surface area contributed by atoms with Crippen molar-refractivity contribution in [2.45, 2.75) is 25.2 Å². The summed E-state index contributed by atoms with van der Waals surface area (Å²) in [5, 5.41) is 22.3. The monoisotopic (exact) mass is 308 g/mol. The Morgan fingerprint density at radius 3 is 2.75 bits per heavy atom. The molecule has 1 aromatic rings. The van der Waals surface area contributed by atoms with Crippen molar-refractivity contribution in [2.24, 2.45) is 7.05 Å². The Bertz CT molecular complexity index is 344. The van der Waals surface area contributed by atoms with Gasteiger partial charge in [0.25, 0.3) is 0 Å². The number of rotatable bonds is 6. The molecule has 1 rings (SSSR count). The van der Waals surface area contributed by atoms with E-state index in [2.05, 4.69) is 28.0 Å². The minimum absolute atomic E-state index is 0.181. The molecule has 0 saturated heterocycles. The molecule has 0 aliphatic rings. The average Bonchev–Trinajstić information content (AvgIpc) is 2.55. The highest BCUT2D eigenvalue weighted by atomic mass is 79.9. The minimum Gasteiger partial charge on any atom is -0.394 e. The highest BCUT2D eigenvalue weighted by molar-refractivity contribution is 9.10. The third-order valence-electron chi connectivity index (χ3n) is 2.26. The lowest BCUT2D eigenvalue weighted by Crippen LogP contribution is -2.15. The molecule has 1 atom stereocenters. The molecular weight excluding hydrogens is 292 g/mol. The van der Waals surface area contributed by atoms with Gasteiger partial charge in [-0.3, -0.25) is 4.68 Å². The number of hydrogen-bond donors (Lipinski definition) is 2. The predicted molar refractivity (Wildman–Crippen MR) is 69.5 cm³/mol. The van der Waals surface area contributed by atoms with Crippen LogP contribution in [0.5, 0.6) is 0 Å². The Morgan fingerprint density at radius 1 is 1.56 bits per heavy atom. The number of aryl methyl sites for hydroxylation is 2. The van der Waals surface area contributed by atoms with Crippen LogP contribution < -0.4 is 0 Å². The van der Waals surface area contributed by atoms with Crippen LogP contribution in [0.15, 0.2) is 4.47 Å². The van der Waals surface area contributed by atoms with Crippen LogP contribution in [0.25, 0.3) is 0 Å². The van der Waals surface area contributed by atoms with E-state index in [-0.39, 0.29) is 6.61 Å². The Morgan fingerprint density at radius 2 is 2.25 bits per heavy atom. The van der Waals surface area contributed by atoms with Crippen LogP contribution in [0.4, 0.5) is 0 Å². The lowest BCUT2D eigenvalue weighted by molar-refractivity contribution is 0.113. The Hall–Kier alpha value is -0.0400. The van der Waals surface area contributed by atoms with Crippen LogP contribution in [0.2, 0.25) is 0 Å². The second kappa shape index (κ2) is 6.64. The van der Waals surface area contributed by atoms with E-state index in [1.54, 1.807) is 11.8 Å². The van der Waals surface area contributed by atoms with Crippen LogP contribution in [-0.4, -0.2) is 38.5 Å². The number of aliphatic hydroxyl groups excluding tert-OH is 2. The molecule has 0 aliphatic carbocycles. The molecule has 0 bridgehead atoms. The molecule has 0 aliphatic heterocycles. The van der Waals surface area contributed by atoms with E-state index in [9.17, 15) is 5.11 Å². The summed E-state index contributed by atoms with van der Waals surface area (Å²) >= 11 is 5.13. The molecule has 0 aromatic carbocycles. The second-order valence-electron chi connectivity index (χ2n) is 3.54. The molecule has 0 radical (unpaired) electrons. The van der Waals surface area contributed by atoms with Gasteiger partial charge in [0.1, 0.15) is 0 Å². The summed E-state index contributed by atoms with van der Waals surface area (Å²) in [5.41, 5.74) is 2.17. The molecule has 0 amide bonds. The summed E-state index contributed by atoms with van der Waals surface area (Å²) in [6.07, 6.45) is 0.265. The fraction of sp³-hybridized carbons (Fsp3) is 0.700. The van der Waals surface area contributed by atoms with Crippen LogP contribution in [0.1, 0.15) is 18.3 Å². The van der Waals surface area contributed by atoms with Gasteiger partial charge in [0.2, 0.25) is 0 Å². The third-order valence-corrected chi connectivity index (χ3v) is 4.28. The van der Waals surface area contributed by atoms with Crippen molar-refractivity contribution in [3.63, 3.8) is 0 Å². The van der Waals surface area contributed by atoms with Crippen LogP contribution in [0, 0.1) is 0 Å². The summed E-state index contributed by atoms with van der Waals surface area (Å²) in [6.45, 7) is 1.89. The molecule has 1 unspecified atom stereocenters. The molecule has 92 valence electrons. The summed E-state index contributed by atoms with van der Waals surface area (Å²) < 4.78 is 2.92. The summed E-state index contributed by atoms with van der Waals surface area (Å²) in [5.74, 6) is 1.32. The molecule has 16 heavy (non-hydrogen) atoms. The lowest BCUT2D eigenvalue weighted by atomic mass is 10.3. The molecular formula is C10H17BrN2O2S. The van der Waals surface area contributed by atoms with Gasteiger partial charge in [0.15, 0.2) is 0 Å². The standard InChI is InChI=1S/C10H17BrN2O2S/c1-3-8-10(11)9(13(2)12-8)6-16-5-7(15)4-14/h7,14-15H,3-6H2,1-2H3. The molecule has 6 heteroatoms. The second-order valence-corrected chi connectivity index (χ2v) is 5.36. The van der Waals surface area contributed by atoms with E-state index in [1.807, 2.05) is 11.7 Å².